The first-order valence-electron chi connectivity index (χ1n) is 5.97. The van der Waals surface area contributed by atoms with Crippen LogP contribution >= 0.6 is 0 Å². The summed E-state index contributed by atoms with van der Waals surface area (Å²) >= 11 is 0. The standard InChI is InChI=1S/C13H22N2O/c1-4-5-10(2)9-16-12-6-7-13(11(3)14)15-8-12/h6-8,10-11H,4-5,9,14H2,1-3H3. The largest absolute Gasteiger partial charge is 0.492 e. The third-order valence-electron chi connectivity index (χ3n) is 2.54. The minimum atomic E-state index is -0.0203. The van der Waals surface area contributed by atoms with Crippen LogP contribution in [0.3, 0.4) is 0 Å². The van der Waals surface area contributed by atoms with Gasteiger partial charge < -0.3 is 10.5 Å². The van der Waals surface area contributed by atoms with E-state index >= 15 is 0 Å². The van der Waals surface area contributed by atoms with Crippen LogP contribution in [0.5, 0.6) is 5.75 Å². The van der Waals surface area contributed by atoms with Crippen molar-refractivity contribution < 1.29 is 4.74 Å². The van der Waals surface area contributed by atoms with E-state index in [2.05, 4.69) is 18.8 Å². The zero-order valence-electron chi connectivity index (χ0n) is 10.4. The van der Waals surface area contributed by atoms with E-state index in [-0.39, 0.29) is 6.04 Å². The molecule has 0 aromatic carbocycles. The molecule has 2 atom stereocenters. The molecule has 1 rings (SSSR count). The summed E-state index contributed by atoms with van der Waals surface area (Å²) < 4.78 is 5.65. The van der Waals surface area contributed by atoms with Gasteiger partial charge in [-0.05, 0) is 31.4 Å². The molecule has 0 saturated heterocycles. The predicted molar refractivity (Wildman–Crippen MR) is 66.4 cm³/mol. The van der Waals surface area contributed by atoms with Gasteiger partial charge in [0.1, 0.15) is 5.75 Å². The Bertz CT molecular complexity index is 295. The highest BCUT2D eigenvalue weighted by Gasteiger charge is 2.04. The molecule has 90 valence electrons. The Hall–Kier alpha value is -1.09. The number of nitrogens with two attached hydrogens (primary N) is 1. The number of hydrogen-bond acceptors (Lipinski definition) is 3. The average Bonchev–Trinajstić information content (AvgIpc) is 2.27. The second-order valence-corrected chi connectivity index (χ2v) is 4.41. The maximum absolute atomic E-state index is 5.72. The van der Waals surface area contributed by atoms with E-state index in [4.69, 9.17) is 10.5 Å². The SMILES string of the molecule is CCCC(C)COc1ccc(C(C)N)nc1. The van der Waals surface area contributed by atoms with Crippen LogP contribution in [0.15, 0.2) is 18.3 Å². The lowest BCUT2D eigenvalue weighted by molar-refractivity contribution is 0.250. The number of aromatic nitrogens is 1. The quantitative estimate of drug-likeness (QED) is 0.805. The monoisotopic (exact) mass is 222 g/mol. The highest BCUT2D eigenvalue weighted by atomic mass is 16.5. The van der Waals surface area contributed by atoms with E-state index in [1.54, 1.807) is 6.20 Å². The second-order valence-electron chi connectivity index (χ2n) is 4.41. The van der Waals surface area contributed by atoms with E-state index in [1.165, 1.54) is 12.8 Å². The Kier molecular flexibility index (Phi) is 5.26. The van der Waals surface area contributed by atoms with Gasteiger partial charge in [0.05, 0.1) is 18.5 Å². The van der Waals surface area contributed by atoms with Gasteiger partial charge in [-0.1, -0.05) is 20.3 Å². The summed E-state index contributed by atoms with van der Waals surface area (Å²) in [7, 11) is 0. The lowest BCUT2D eigenvalue weighted by atomic mass is 10.1. The summed E-state index contributed by atoms with van der Waals surface area (Å²) in [6, 6.07) is 3.84. The molecule has 0 saturated carbocycles. The van der Waals surface area contributed by atoms with Crippen molar-refractivity contribution in [3.63, 3.8) is 0 Å². The molecule has 1 aromatic heterocycles. The molecule has 3 heteroatoms. The zero-order valence-corrected chi connectivity index (χ0v) is 10.4. The summed E-state index contributed by atoms with van der Waals surface area (Å²) in [6.07, 6.45) is 4.15. The van der Waals surface area contributed by atoms with Gasteiger partial charge in [-0.2, -0.15) is 0 Å². The third-order valence-corrected chi connectivity index (χ3v) is 2.54. The van der Waals surface area contributed by atoms with E-state index in [1.807, 2.05) is 19.1 Å². The smallest absolute Gasteiger partial charge is 0.137 e. The van der Waals surface area contributed by atoms with Crippen LogP contribution in [0.4, 0.5) is 0 Å². The Morgan fingerprint density at radius 2 is 2.12 bits per heavy atom. The van der Waals surface area contributed by atoms with E-state index in [0.717, 1.165) is 18.1 Å². The first kappa shape index (κ1) is 13.0. The van der Waals surface area contributed by atoms with Crippen molar-refractivity contribution in [2.75, 3.05) is 6.61 Å². The van der Waals surface area contributed by atoms with Gasteiger partial charge in [0.2, 0.25) is 0 Å². The van der Waals surface area contributed by atoms with E-state index in [0.29, 0.717) is 5.92 Å². The summed E-state index contributed by atoms with van der Waals surface area (Å²) in [5, 5.41) is 0. The summed E-state index contributed by atoms with van der Waals surface area (Å²) in [5.74, 6) is 1.42. The van der Waals surface area contributed by atoms with Crippen LogP contribution in [-0.2, 0) is 0 Å². The summed E-state index contributed by atoms with van der Waals surface area (Å²) in [4.78, 5) is 4.25. The first-order chi connectivity index (χ1) is 7.63. The molecule has 0 aliphatic heterocycles. The molecular formula is C13H22N2O. The van der Waals surface area contributed by atoms with E-state index in [9.17, 15) is 0 Å². The van der Waals surface area contributed by atoms with Crippen LogP contribution in [-0.4, -0.2) is 11.6 Å². The Labute approximate surface area is 98.0 Å². The molecule has 0 spiro atoms. The fourth-order valence-corrected chi connectivity index (χ4v) is 1.56. The molecule has 0 amide bonds. The number of rotatable bonds is 6. The molecule has 0 aliphatic rings. The Balaban J connectivity index is 2.43. The van der Waals surface area contributed by atoms with Crippen molar-refractivity contribution in [1.82, 2.24) is 4.98 Å². The van der Waals surface area contributed by atoms with Crippen molar-refractivity contribution in [2.24, 2.45) is 11.7 Å². The van der Waals surface area contributed by atoms with Gasteiger partial charge in [-0.15, -0.1) is 0 Å². The van der Waals surface area contributed by atoms with Crippen LogP contribution in [0, 0.1) is 5.92 Å². The first-order valence-corrected chi connectivity index (χ1v) is 5.97. The normalized spacial score (nSPS) is 14.5. The molecule has 1 heterocycles. The second kappa shape index (κ2) is 6.48. The minimum Gasteiger partial charge on any atom is -0.492 e. The van der Waals surface area contributed by atoms with Crippen molar-refractivity contribution in [1.29, 1.82) is 0 Å². The van der Waals surface area contributed by atoms with Crippen LogP contribution in [0.1, 0.15) is 45.3 Å². The predicted octanol–water partition coefficient (Wildman–Crippen LogP) is 2.92. The summed E-state index contributed by atoms with van der Waals surface area (Å²) in [6.45, 7) is 7.07. The molecule has 3 nitrogen and oxygen atoms in total. The van der Waals surface area contributed by atoms with Gasteiger partial charge in [0, 0.05) is 6.04 Å². The van der Waals surface area contributed by atoms with Crippen LogP contribution in [0.25, 0.3) is 0 Å². The molecule has 0 aliphatic carbocycles. The fourth-order valence-electron chi connectivity index (χ4n) is 1.56. The lowest BCUT2D eigenvalue weighted by Crippen LogP contribution is -2.10. The van der Waals surface area contributed by atoms with Gasteiger partial charge >= 0.3 is 0 Å². The number of pyridine rings is 1. The highest BCUT2D eigenvalue weighted by Crippen LogP contribution is 2.14. The molecule has 2 N–H and O–H groups in total. The average molecular weight is 222 g/mol. The maximum Gasteiger partial charge on any atom is 0.137 e. The molecule has 2 unspecified atom stereocenters. The van der Waals surface area contributed by atoms with E-state index < -0.39 is 0 Å². The molecular weight excluding hydrogens is 200 g/mol. The van der Waals surface area contributed by atoms with Crippen LogP contribution < -0.4 is 10.5 Å². The van der Waals surface area contributed by atoms with Gasteiger partial charge in [-0.3, -0.25) is 4.98 Å². The number of hydrogen-bond donors (Lipinski definition) is 1. The Morgan fingerprint density at radius 3 is 2.62 bits per heavy atom. The topological polar surface area (TPSA) is 48.1 Å². The molecule has 0 radical (unpaired) electrons. The molecule has 0 bridgehead atoms. The van der Waals surface area contributed by atoms with Crippen molar-refractivity contribution >= 4 is 0 Å². The van der Waals surface area contributed by atoms with Gasteiger partial charge in [0.25, 0.3) is 0 Å². The molecule has 1 aromatic rings. The van der Waals surface area contributed by atoms with Crippen molar-refractivity contribution in [3.05, 3.63) is 24.0 Å². The minimum absolute atomic E-state index is 0.0203. The Morgan fingerprint density at radius 1 is 1.38 bits per heavy atom. The fraction of sp³-hybridized carbons (Fsp3) is 0.615. The number of ether oxygens (including phenoxy) is 1. The zero-order chi connectivity index (χ0) is 12.0. The van der Waals surface area contributed by atoms with Crippen LogP contribution in [0.2, 0.25) is 0 Å². The molecule has 16 heavy (non-hydrogen) atoms. The maximum atomic E-state index is 5.72. The van der Waals surface area contributed by atoms with Gasteiger partial charge in [0.15, 0.2) is 0 Å². The lowest BCUT2D eigenvalue weighted by Gasteiger charge is -2.12. The van der Waals surface area contributed by atoms with Crippen molar-refractivity contribution in [2.45, 2.75) is 39.7 Å². The molecule has 0 fully saturated rings. The highest BCUT2D eigenvalue weighted by molar-refractivity contribution is 5.21. The number of nitrogens with zero attached hydrogens (tertiary/aromatic N) is 1. The van der Waals surface area contributed by atoms with Gasteiger partial charge in [-0.25, -0.2) is 0 Å². The summed E-state index contributed by atoms with van der Waals surface area (Å²) in [5.41, 5.74) is 6.62. The third kappa shape index (κ3) is 4.19. The van der Waals surface area contributed by atoms with Crippen molar-refractivity contribution in [3.8, 4) is 5.75 Å².